The van der Waals surface area contributed by atoms with Crippen molar-refractivity contribution in [3.63, 3.8) is 0 Å². The number of guanidine groups is 1. The fourth-order valence-electron chi connectivity index (χ4n) is 4.48. The Morgan fingerprint density at radius 2 is 2.10 bits per heavy atom. The van der Waals surface area contributed by atoms with Crippen molar-refractivity contribution in [2.45, 2.75) is 44.9 Å². The predicted octanol–water partition coefficient (Wildman–Crippen LogP) is 2.75. The number of likely N-dealkylation sites (N-methyl/N-ethyl adjacent to an activating group) is 1. The molecule has 2 N–H and O–H groups in total. The Hall–Kier alpha value is -1.34. The van der Waals surface area contributed by atoms with Gasteiger partial charge in [0.1, 0.15) is 0 Å². The number of rotatable bonds is 8. The van der Waals surface area contributed by atoms with Gasteiger partial charge in [0.2, 0.25) is 0 Å². The molecule has 0 spiro atoms. The molecule has 3 atom stereocenters. The number of nitrogens with zero attached hydrogens (tertiary/aromatic N) is 3. The lowest BCUT2D eigenvalue weighted by Crippen LogP contribution is -2.52. The topological polar surface area (TPSA) is 52.1 Å². The van der Waals surface area contributed by atoms with Gasteiger partial charge in [0, 0.05) is 37.7 Å². The Balaban J connectivity index is 1.55. The van der Waals surface area contributed by atoms with Gasteiger partial charge in [0.15, 0.2) is 5.96 Å². The van der Waals surface area contributed by atoms with E-state index in [0.29, 0.717) is 6.04 Å². The molecule has 1 aromatic carbocycles. The maximum Gasteiger partial charge on any atom is 0.191 e. The third kappa shape index (κ3) is 5.85. The van der Waals surface area contributed by atoms with Crippen molar-refractivity contribution < 1.29 is 4.74 Å². The first-order valence-corrected chi connectivity index (χ1v) is 11.3. The second kappa shape index (κ2) is 11.2. The van der Waals surface area contributed by atoms with Crippen LogP contribution in [0.1, 0.15) is 38.3 Å². The highest BCUT2D eigenvalue weighted by Gasteiger charge is 2.32. The maximum atomic E-state index is 6.51. The third-order valence-corrected chi connectivity index (χ3v) is 6.51. The van der Waals surface area contributed by atoms with E-state index in [0.717, 1.165) is 55.9 Å². The molecule has 2 aliphatic rings. The molecule has 2 fully saturated rings. The molecule has 0 amide bonds. The number of nitrogens with one attached hydrogen (secondary N) is 2. The fraction of sp³-hybridized carbons (Fsp3) is 0.682. The number of halogens is 1. The van der Waals surface area contributed by atoms with Crippen LogP contribution in [-0.2, 0) is 4.74 Å². The van der Waals surface area contributed by atoms with Gasteiger partial charge in [-0.25, -0.2) is 0 Å². The first-order valence-electron chi connectivity index (χ1n) is 10.9. The van der Waals surface area contributed by atoms with Gasteiger partial charge in [-0.15, -0.1) is 0 Å². The van der Waals surface area contributed by atoms with E-state index in [2.05, 4.69) is 51.4 Å². The van der Waals surface area contributed by atoms with E-state index >= 15 is 0 Å². The molecule has 2 aliphatic heterocycles. The van der Waals surface area contributed by atoms with Gasteiger partial charge in [0.05, 0.1) is 18.8 Å². The molecule has 162 valence electrons. The van der Waals surface area contributed by atoms with Crippen LogP contribution in [0.15, 0.2) is 29.3 Å². The highest BCUT2D eigenvalue weighted by atomic mass is 35.5. The van der Waals surface area contributed by atoms with Gasteiger partial charge in [-0.1, -0.05) is 43.6 Å². The van der Waals surface area contributed by atoms with E-state index in [-0.39, 0.29) is 12.1 Å². The molecule has 3 rings (SSSR count). The molecular formula is C22H36ClN5O. The average molecular weight is 422 g/mol. The monoisotopic (exact) mass is 421 g/mol. The van der Waals surface area contributed by atoms with Crippen molar-refractivity contribution in [1.82, 2.24) is 20.4 Å². The standard InChI is InChI=1S/C22H36ClN5O/c1-4-27(5-2)21(19-10-6-7-11-20(19)23)14-26-22(24-3)25-13-18-15-28-12-8-9-17(28)16-29-18/h6-7,10-11,17-18,21H,4-5,8-9,12-16H2,1-3H3,(H2,24,25,26). The average Bonchev–Trinajstić information content (AvgIpc) is 3.21. The van der Waals surface area contributed by atoms with Crippen LogP contribution in [0.2, 0.25) is 5.02 Å². The summed E-state index contributed by atoms with van der Waals surface area (Å²) in [5.41, 5.74) is 1.15. The number of hydrogen-bond donors (Lipinski definition) is 2. The van der Waals surface area contributed by atoms with E-state index in [1.807, 2.05) is 19.2 Å². The van der Waals surface area contributed by atoms with Gasteiger partial charge in [-0.05, 0) is 44.1 Å². The lowest BCUT2D eigenvalue weighted by Gasteiger charge is -2.35. The molecule has 0 radical (unpaired) electrons. The van der Waals surface area contributed by atoms with Crippen LogP contribution in [0.25, 0.3) is 0 Å². The van der Waals surface area contributed by atoms with E-state index in [4.69, 9.17) is 16.3 Å². The smallest absolute Gasteiger partial charge is 0.191 e. The number of hydrogen-bond acceptors (Lipinski definition) is 4. The summed E-state index contributed by atoms with van der Waals surface area (Å²) in [4.78, 5) is 9.40. The van der Waals surface area contributed by atoms with Crippen LogP contribution in [-0.4, -0.2) is 80.8 Å². The number of benzene rings is 1. The Morgan fingerprint density at radius 3 is 2.83 bits per heavy atom. The molecule has 7 heteroatoms. The Labute approximate surface area is 180 Å². The molecular weight excluding hydrogens is 386 g/mol. The molecule has 0 aromatic heterocycles. The number of morpholine rings is 1. The molecule has 29 heavy (non-hydrogen) atoms. The highest BCUT2D eigenvalue weighted by molar-refractivity contribution is 6.31. The minimum absolute atomic E-state index is 0.188. The summed E-state index contributed by atoms with van der Waals surface area (Å²) < 4.78 is 6.06. The summed E-state index contributed by atoms with van der Waals surface area (Å²) >= 11 is 6.51. The second-order valence-corrected chi connectivity index (χ2v) is 8.25. The van der Waals surface area contributed by atoms with Gasteiger partial charge < -0.3 is 15.4 Å². The lowest BCUT2D eigenvalue weighted by atomic mass is 10.0. The van der Waals surface area contributed by atoms with Crippen molar-refractivity contribution in [2.75, 3.05) is 52.9 Å². The Kier molecular flexibility index (Phi) is 8.60. The van der Waals surface area contributed by atoms with Crippen LogP contribution in [0.3, 0.4) is 0 Å². The van der Waals surface area contributed by atoms with Gasteiger partial charge >= 0.3 is 0 Å². The fourth-order valence-corrected chi connectivity index (χ4v) is 4.74. The summed E-state index contributed by atoms with van der Waals surface area (Å²) in [5.74, 6) is 0.807. The number of ether oxygens (including phenoxy) is 1. The van der Waals surface area contributed by atoms with Gasteiger partial charge in [-0.2, -0.15) is 0 Å². The van der Waals surface area contributed by atoms with E-state index in [9.17, 15) is 0 Å². The number of aliphatic imine (C=N–C) groups is 1. The zero-order chi connectivity index (χ0) is 20.6. The van der Waals surface area contributed by atoms with Crippen molar-refractivity contribution in [1.29, 1.82) is 0 Å². The molecule has 0 aliphatic carbocycles. The third-order valence-electron chi connectivity index (χ3n) is 6.16. The summed E-state index contributed by atoms with van der Waals surface area (Å²) in [5, 5.41) is 7.76. The summed E-state index contributed by atoms with van der Waals surface area (Å²) in [6, 6.07) is 8.94. The minimum atomic E-state index is 0.188. The van der Waals surface area contributed by atoms with Gasteiger partial charge in [-0.3, -0.25) is 14.8 Å². The van der Waals surface area contributed by atoms with Crippen molar-refractivity contribution in [2.24, 2.45) is 4.99 Å². The quantitative estimate of drug-likeness (QED) is 0.499. The van der Waals surface area contributed by atoms with Crippen LogP contribution < -0.4 is 10.6 Å². The van der Waals surface area contributed by atoms with Crippen LogP contribution in [0.5, 0.6) is 0 Å². The van der Waals surface area contributed by atoms with Gasteiger partial charge in [0.25, 0.3) is 0 Å². The lowest BCUT2D eigenvalue weighted by molar-refractivity contribution is -0.0453. The molecule has 2 heterocycles. The molecule has 3 unspecified atom stereocenters. The minimum Gasteiger partial charge on any atom is -0.373 e. The van der Waals surface area contributed by atoms with E-state index in [1.165, 1.54) is 19.4 Å². The summed E-state index contributed by atoms with van der Waals surface area (Å²) in [6.07, 6.45) is 2.79. The molecule has 6 nitrogen and oxygen atoms in total. The summed E-state index contributed by atoms with van der Waals surface area (Å²) in [7, 11) is 1.81. The maximum absolute atomic E-state index is 6.51. The normalized spacial score (nSPS) is 23.8. The van der Waals surface area contributed by atoms with Crippen molar-refractivity contribution in [3.05, 3.63) is 34.9 Å². The Morgan fingerprint density at radius 1 is 1.31 bits per heavy atom. The second-order valence-electron chi connectivity index (χ2n) is 7.84. The Bertz CT molecular complexity index is 666. The zero-order valence-corrected chi connectivity index (χ0v) is 18.8. The number of fused-ring (bicyclic) bond motifs is 1. The first-order chi connectivity index (χ1) is 14.2. The summed E-state index contributed by atoms with van der Waals surface area (Å²) in [6.45, 7) is 10.9. The van der Waals surface area contributed by atoms with Crippen LogP contribution in [0.4, 0.5) is 0 Å². The molecule has 0 saturated carbocycles. The highest BCUT2D eigenvalue weighted by Crippen LogP contribution is 2.27. The molecule has 1 aromatic rings. The van der Waals surface area contributed by atoms with Crippen molar-refractivity contribution >= 4 is 17.6 Å². The van der Waals surface area contributed by atoms with E-state index < -0.39 is 0 Å². The molecule has 2 saturated heterocycles. The largest absolute Gasteiger partial charge is 0.373 e. The van der Waals surface area contributed by atoms with Crippen LogP contribution in [0, 0.1) is 0 Å². The molecule has 0 bridgehead atoms. The first kappa shape index (κ1) is 22.3. The van der Waals surface area contributed by atoms with Crippen LogP contribution >= 0.6 is 11.6 Å². The SMILES string of the molecule is CCN(CC)C(CNC(=NC)NCC1CN2CCCC2CO1)c1ccccc1Cl. The van der Waals surface area contributed by atoms with E-state index in [1.54, 1.807) is 0 Å². The zero-order valence-electron chi connectivity index (χ0n) is 18.0. The predicted molar refractivity (Wildman–Crippen MR) is 121 cm³/mol. The van der Waals surface area contributed by atoms with Crippen molar-refractivity contribution in [3.8, 4) is 0 Å².